The van der Waals surface area contributed by atoms with Gasteiger partial charge in [-0.1, -0.05) is 60.7 Å². The number of thiophene rings is 1. The van der Waals surface area contributed by atoms with Crippen molar-refractivity contribution in [2.24, 2.45) is 0 Å². The van der Waals surface area contributed by atoms with Gasteiger partial charge in [-0.15, -0.1) is 11.3 Å². The first kappa shape index (κ1) is 26.2. The quantitative estimate of drug-likeness (QED) is 0.217. The molecular formula is C31H24N2O4S2. The number of benzene rings is 3. The molecule has 8 heteroatoms. The van der Waals surface area contributed by atoms with E-state index in [9.17, 15) is 18.5 Å². The van der Waals surface area contributed by atoms with E-state index in [1.165, 1.54) is 15.3 Å². The number of carbonyl (C=O) groups is 1. The lowest BCUT2D eigenvalue weighted by Gasteiger charge is -2.15. The van der Waals surface area contributed by atoms with Crippen LogP contribution in [0.3, 0.4) is 0 Å². The van der Waals surface area contributed by atoms with E-state index in [0.717, 1.165) is 11.1 Å². The molecule has 6 nitrogen and oxygen atoms in total. The van der Waals surface area contributed by atoms with Crippen LogP contribution in [-0.4, -0.2) is 23.5 Å². The predicted molar refractivity (Wildman–Crippen MR) is 155 cm³/mol. The molecular weight excluding hydrogens is 528 g/mol. The van der Waals surface area contributed by atoms with Crippen molar-refractivity contribution in [1.29, 1.82) is 5.26 Å². The lowest BCUT2D eigenvalue weighted by molar-refractivity contribution is -0.136. The Kier molecular flexibility index (Phi) is 6.96. The van der Waals surface area contributed by atoms with E-state index in [-0.39, 0.29) is 17.7 Å². The molecule has 5 rings (SSSR count). The normalized spacial score (nSPS) is 11.4. The number of aliphatic carboxylic acids is 1. The zero-order chi connectivity index (χ0) is 27.7. The molecule has 0 spiro atoms. The van der Waals surface area contributed by atoms with Crippen LogP contribution in [-0.2, 0) is 14.8 Å². The van der Waals surface area contributed by atoms with Gasteiger partial charge in [0, 0.05) is 28.5 Å². The van der Waals surface area contributed by atoms with E-state index in [2.05, 4.69) is 12.6 Å². The summed E-state index contributed by atoms with van der Waals surface area (Å²) in [6.07, 6.45) is 0.205. The van der Waals surface area contributed by atoms with E-state index in [0.29, 0.717) is 43.7 Å². The summed E-state index contributed by atoms with van der Waals surface area (Å²) in [5, 5.41) is 21.5. The lowest BCUT2D eigenvalue weighted by atomic mass is 9.95. The second-order valence-corrected chi connectivity index (χ2v) is 11.9. The number of fused-ring (bicyclic) bond motifs is 1. The van der Waals surface area contributed by atoms with Crippen LogP contribution in [0.1, 0.15) is 28.8 Å². The molecule has 5 aromatic rings. The minimum atomic E-state index is -4.07. The first-order chi connectivity index (χ1) is 18.7. The molecule has 194 valence electrons. The third kappa shape index (κ3) is 4.78. The Balaban J connectivity index is 1.86. The average Bonchev–Trinajstić information content (AvgIpc) is 3.54. The Hall–Kier alpha value is -4.45. The number of aryl methyl sites for hydroxylation is 1. The van der Waals surface area contributed by atoms with Crippen LogP contribution in [0.5, 0.6) is 0 Å². The smallest absolute Gasteiger partial charge is 0.303 e. The maximum Gasteiger partial charge on any atom is 0.303 e. The number of allylic oxidation sites excluding steroid dienone is 1. The zero-order valence-electron chi connectivity index (χ0n) is 21.1. The molecule has 0 aliphatic heterocycles. The largest absolute Gasteiger partial charge is 0.481 e. The first-order valence-electron chi connectivity index (χ1n) is 12.2. The minimum Gasteiger partial charge on any atom is -0.481 e. The van der Waals surface area contributed by atoms with Crippen LogP contribution in [0.4, 0.5) is 0 Å². The van der Waals surface area contributed by atoms with Gasteiger partial charge in [-0.3, -0.25) is 4.79 Å². The molecule has 0 saturated carbocycles. The standard InChI is InChI=1S/C31H24N2O4S2/c1-20-10-13-24(14-11-20)39(36,37)33-27-9-4-3-8-25(27)30(26-16-17-38-28(26)19-32)31(33)23-7-5-6-22(18-23)21(2)12-15-29(34)35/h3-11,13-14,16-18H,2,12,15H2,1H3,(H,34,35). The van der Waals surface area contributed by atoms with Gasteiger partial charge in [0.15, 0.2) is 0 Å². The predicted octanol–water partition coefficient (Wildman–Crippen LogP) is 7.33. The van der Waals surface area contributed by atoms with Crippen LogP contribution in [0.25, 0.3) is 38.9 Å². The molecule has 39 heavy (non-hydrogen) atoms. The topological polar surface area (TPSA) is 100 Å². The number of nitrogens with zero attached hydrogens (tertiary/aromatic N) is 2. The summed E-state index contributed by atoms with van der Waals surface area (Å²) < 4.78 is 30.0. The zero-order valence-corrected chi connectivity index (χ0v) is 22.7. The number of carboxylic acid groups (broad SMARTS) is 1. The fourth-order valence-electron chi connectivity index (χ4n) is 4.69. The summed E-state index contributed by atoms with van der Waals surface area (Å²) >= 11 is 1.30. The fourth-order valence-corrected chi connectivity index (χ4v) is 6.93. The Morgan fingerprint density at radius 2 is 1.77 bits per heavy atom. The molecule has 0 saturated heterocycles. The molecule has 0 aliphatic carbocycles. The first-order valence-corrected chi connectivity index (χ1v) is 14.5. The van der Waals surface area contributed by atoms with Crippen molar-refractivity contribution in [3.63, 3.8) is 0 Å². The monoisotopic (exact) mass is 552 g/mol. The molecule has 2 aromatic heterocycles. The van der Waals surface area contributed by atoms with Gasteiger partial charge in [0.25, 0.3) is 10.0 Å². The summed E-state index contributed by atoms with van der Waals surface area (Å²) in [7, 11) is -4.07. The minimum absolute atomic E-state index is 0.0587. The maximum absolute atomic E-state index is 14.3. The van der Waals surface area contributed by atoms with Gasteiger partial charge >= 0.3 is 5.97 Å². The number of rotatable bonds is 8. The molecule has 1 N–H and O–H groups in total. The number of carboxylic acids is 1. The third-order valence-corrected chi connectivity index (χ3v) is 9.16. The summed E-state index contributed by atoms with van der Waals surface area (Å²) in [4.78, 5) is 11.8. The van der Waals surface area contributed by atoms with Crippen LogP contribution >= 0.6 is 11.3 Å². The number of hydrogen-bond acceptors (Lipinski definition) is 5. The number of para-hydroxylation sites is 1. The molecule has 0 radical (unpaired) electrons. The fraction of sp³-hybridized carbons (Fsp3) is 0.0968. The van der Waals surface area contributed by atoms with E-state index >= 15 is 0 Å². The van der Waals surface area contributed by atoms with Gasteiger partial charge in [0.2, 0.25) is 0 Å². The molecule has 0 bridgehead atoms. The van der Waals surface area contributed by atoms with Gasteiger partial charge in [0.1, 0.15) is 10.9 Å². The second-order valence-electron chi connectivity index (χ2n) is 9.18. The van der Waals surface area contributed by atoms with Crippen LogP contribution in [0.2, 0.25) is 0 Å². The van der Waals surface area contributed by atoms with E-state index < -0.39 is 16.0 Å². The van der Waals surface area contributed by atoms with Crippen LogP contribution in [0, 0.1) is 18.3 Å². The van der Waals surface area contributed by atoms with Crippen LogP contribution in [0.15, 0.2) is 95.7 Å². The highest BCUT2D eigenvalue weighted by molar-refractivity contribution is 7.90. The van der Waals surface area contributed by atoms with Crippen molar-refractivity contribution in [3.05, 3.63) is 107 Å². The van der Waals surface area contributed by atoms with E-state index in [1.54, 1.807) is 42.5 Å². The van der Waals surface area contributed by atoms with Crippen molar-refractivity contribution in [3.8, 4) is 28.5 Å². The van der Waals surface area contributed by atoms with Crippen LogP contribution < -0.4 is 0 Å². The number of hydrogen-bond donors (Lipinski definition) is 1. The van der Waals surface area contributed by atoms with Crippen molar-refractivity contribution in [1.82, 2.24) is 3.97 Å². The van der Waals surface area contributed by atoms with Gasteiger partial charge in [0.05, 0.1) is 16.1 Å². The second kappa shape index (κ2) is 10.4. The SMILES string of the molecule is C=C(CCC(=O)O)c1cccc(-c2c(-c3ccsc3C#N)c3ccccc3n2S(=O)(=O)c2ccc(C)cc2)c1. The molecule has 0 fully saturated rings. The molecule has 2 heterocycles. The van der Waals surface area contributed by atoms with E-state index in [1.807, 2.05) is 48.7 Å². The van der Waals surface area contributed by atoms with Gasteiger partial charge in [-0.25, -0.2) is 12.4 Å². The molecule has 0 atom stereocenters. The third-order valence-electron chi connectivity index (χ3n) is 6.61. The van der Waals surface area contributed by atoms with Gasteiger partial charge in [-0.2, -0.15) is 5.26 Å². The highest BCUT2D eigenvalue weighted by Gasteiger charge is 2.29. The highest BCUT2D eigenvalue weighted by atomic mass is 32.2. The van der Waals surface area contributed by atoms with Crippen molar-refractivity contribution in [2.75, 3.05) is 0 Å². The Bertz CT molecular complexity index is 1890. The summed E-state index contributed by atoms with van der Waals surface area (Å²) in [6, 6.07) is 25.4. The molecule has 0 amide bonds. The maximum atomic E-state index is 14.3. The van der Waals surface area contributed by atoms with Crippen molar-refractivity contribution in [2.45, 2.75) is 24.7 Å². The summed E-state index contributed by atoms with van der Waals surface area (Å²) in [6.45, 7) is 5.97. The highest BCUT2D eigenvalue weighted by Crippen LogP contribution is 2.45. The molecule has 0 unspecified atom stereocenters. The Morgan fingerprint density at radius 1 is 1.03 bits per heavy atom. The van der Waals surface area contributed by atoms with Crippen molar-refractivity contribution >= 4 is 43.8 Å². The van der Waals surface area contributed by atoms with Gasteiger partial charge in [-0.05, 0) is 60.2 Å². The number of aromatic nitrogens is 1. The Morgan fingerprint density at radius 3 is 2.49 bits per heavy atom. The molecule has 3 aromatic carbocycles. The van der Waals surface area contributed by atoms with Gasteiger partial charge < -0.3 is 5.11 Å². The number of nitriles is 1. The molecule has 0 aliphatic rings. The summed E-state index contributed by atoms with van der Waals surface area (Å²) in [5.41, 5.74) is 5.13. The summed E-state index contributed by atoms with van der Waals surface area (Å²) in [5.74, 6) is -0.916. The van der Waals surface area contributed by atoms with Crippen molar-refractivity contribution < 1.29 is 18.3 Å². The average molecular weight is 553 g/mol. The Labute approximate surface area is 230 Å². The lowest BCUT2D eigenvalue weighted by Crippen LogP contribution is -2.14. The van der Waals surface area contributed by atoms with E-state index in [4.69, 9.17) is 5.11 Å².